The van der Waals surface area contributed by atoms with Crippen LogP contribution in [0, 0.1) is 11.8 Å². The SMILES string of the molecule is O=S(=O)(NCC#Cc1ccccc1Cl)c1cccc(Cl)c1. The third-order valence-electron chi connectivity index (χ3n) is 2.55. The molecule has 0 bridgehead atoms. The molecule has 2 aromatic rings. The van der Waals surface area contributed by atoms with E-state index in [0.29, 0.717) is 15.6 Å². The predicted octanol–water partition coefficient (Wildman–Crippen LogP) is 3.32. The van der Waals surface area contributed by atoms with Crippen LogP contribution in [0.4, 0.5) is 0 Å². The van der Waals surface area contributed by atoms with Gasteiger partial charge in [-0.25, -0.2) is 8.42 Å². The lowest BCUT2D eigenvalue weighted by Crippen LogP contribution is -2.23. The van der Waals surface area contributed by atoms with Crippen molar-refractivity contribution in [3.63, 3.8) is 0 Å². The number of nitrogens with one attached hydrogen (secondary N) is 1. The molecule has 0 amide bonds. The fourth-order valence-corrected chi connectivity index (χ4v) is 2.96. The maximum Gasteiger partial charge on any atom is 0.241 e. The first-order valence-corrected chi connectivity index (χ1v) is 8.21. The minimum absolute atomic E-state index is 0.0138. The van der Waals surface area contributed by atoms with Gasteiger partial charge in [0.15, 0.2) is 0 Å². The van der Waals surface area contributed by atoms with E-state index in [-0.39, 0.29) is 11.4 Å². The molecule has 0 radical (unpaired) electrons. The van der Waals surface area contributed by atoms with Gasteiger partial charge in [-0.05, 0) is 30.3 Å². The van der Waals surface area contributed by atoms with Gasteiger partial charge in [0.05, 0.1) is 16.5 Å². The molecule has 108 valence electrons. The summed E-state index contributed by atoms with van der Waals surface area (Å²) in [7, 11) is -3.62. The Balaban J connectivity index is 2.06. The molecule has 0 aliphatic heterocycles. The molecule has 1 N–H and O–H groups in total. The Morgan fingerprint density at radius 2 is 1.81 bits per heavy atom. The van der Waals surface area contributed by atoms with Gasteiger partial charge in [-0.15, -0.1) is 0 Å². The minimum atomic E-state index is -3.62. The minimum Gasteiger partial charge on any atom is -0.207 e. The van der Waals surface area contributed by atoms with Gasteiger partial charge in [-0.2, -0.15) is 4.72 Å². The monoisotopic (exact) mass is 339 g/mol. The zero-order valence-electron chi connectivity index (χ0n) is 10.8. The first-order valence-electron chi connectivity index (χ1n) is 5.98. The molecular weight excluding hydrogens is 329 g/mol. The van der Waals surface area contributed by atoms with Gasteiger partial charge in [0, 0.05) is 10.6 Å². The fourth-order valence-electron chi connectivity index (χ4n) is 1.55. The van der Waals surface area contributed by atoms with E-state index >= 15 is 0 Å². The van der Waals surface area contributed by atoms with Gasteiger partial charge in [0.1, 0.15) is 0 Å². The smallest absolute Gasteiger partial charge is 0.207 e. The summed E-state index contributed by atoms with van der Waals surface area (Å²) in [6.45, 7) is -0.0138. The second kappa shape index (κ2) is 6.97. The lowest BCUT2D eigenvalue weighted by molar-refractivity contribution is 0.586. The molecular formula is C15H11Cl2NO2S. The van der Waals surface area contributed by atoms with Crippen molar-refractivity contribution in [2.45, 2.75) is 4.90 Å². The third kappa shape index (κ3) is 4.48. The van der Waals surface area contributed by atoms with Gasteiger partial charge in [0.2, 0.25) is 10.0 Å². The van der Waals surface area contributed by atoms with Crippen LogP contribution in [-0.2, 0) is 10.0 Å². The topological polar surface area (TPSA) is 46.2 Å². The van der Waals surface area contributed by atoms with Crippen LogP contribution < -0.4 is 4.72 Å². The molecule has 2 aromatic carbocycles. The quantitative estimate of drug-likeness (QED) is 0.872. The van der Waals surface area contributed by atoms with Crippen LogP contribution in [0.3, 0.4) is 0 Å². The molecule has 0 atom stereocenters. The van der Waals surface area contributed by atoms with Crippen LogP contribution in [0.2, 0.25) is 10.0 Å². The average molecular weight is 340 g/mol. The number of hydrogen-bond acceptors (Lipinski definition) is 2. The molecule has 0 saturated carbocycles. The summed E-state index contributed by atoms with van der Waals surface area (Å²) in [4.78, 5) is 0.106. The number of hydrogen-bond donors (Lipinski definition) is 1. The van der Waals surface area contributed by atoms with Crippen molar-refractivity contribution in [3.8, 4) is 11.8 Å². The molecule has 0 heterocycles. The zero-order chi connectivity index (χ0) is 15.3. The third-order valence-corrected chi connectivity index (χ3v) is 4.52. The Hall–Kier alpha value is -1.51. The van der Waals surface area contributed by atoms with Crippen molar-refractivity contribution in [2.24, 2.45) is 0 Å². The summed E-state index contributed by atoms with van der Waals surface area (Å²) >= 11 is 11.7. The molecule has 6 heteroatoms. The highest BCUT2D eigenvalue weighted by Crippen LogP contribution is 2.15. The Bertz CT molecular complexity index is 808. The fraction of sp³-hybridized carbons (Fsp3) is 0.0667. The van der Waals surface area contributed by atoms with Crippen LogP contribution in [0.25, 0.3) is 0 Å². The van der Waals surface area contributed by atoms with E-state index < -0.39 is 10.0 Å². The Labute approximate surface area is 133 Å². The lowest BCUT2D eigenvalue weighted by Gasteiger charge is -2.03. The summed E-state index contributed by atoms with van der Waals surface area (Å²) in [6, 6.07) is 13.1. The summed E-state index contributed by atoms with van der Waals surface area (Å²) in [5, 5.41) is 0.891. The van der Waals surface area contributed by atoms with E-state index in [1.54, 1.807) is 30.3 Å². The average Bonchev–Trinajstić information content (AvgIpc) is 2.45. The highest BCUT2D eigenvalue weighted by atomic mass is 35.5. The van der Waals surface area contributed by atoms with Gasteiger partial charge in [-0.3, -0.25) is 0 Å². The van der Waals surface area contributed by atoms with Gasteiger partial charge in [0.25, 0.3) is 0 Å². The van der Waals surface area contributed by atoms with Gasteiger partial charge in [-0.1, -0.05) is 53.2 Å². The van der Waals surface area contributed by atoms with Crippen molar-refractivity contribution in [3.05, 3.63) is 64.1 Å². The molecule has 2 rings (SSSR count). The van der Waals surface area contributed by atoms with Crippen LogP contribution in [-0.4, -0.2) is 15.0 Å². The second-order valence-electron chi connectivity index (χ2n) is 4.06. The Morgan fingerprint density at radius 3 is 2.52 bits per heavy atom. The Kier molecular flexibility index (Phi) is 5.27. The van der Waals surface area contributed by atoms with E-state index in [0.717, 1.165) is 0 Å². The number of halogens is 2. The maximum absolute atomic E-state index is 12.0. The second-order valence-corrected chi connectivity index (χ2v) is 6.67. The first-order chi connectivity index (χ1) is 9.99. The van der Waals surface area contributed by atoms with Gasteiger partial charge >= 0.3 is 0 Å². The van der Waals surface area contributed by atoms with Crippen LogP contribution >= 0.6 is 23.2 Å². The standard InChI is InChI=1S/C15H11Cl2NO2S/c16-13-7-3-8-14(11-13)21(19,20)18-10-4-6-12-5-1-2-9-15(12)17/h1-3,5,7-9,11,18H,10H2. The Morgan fingerprint density at radius 1 is 1.05 bits per heavy atom. The molecule has 0 spiro atoms. The van der Waals surface area contributed by atoms with E-state index in [1.807, 2.05) is 6.07 Å². The van der Waals surface area contributed by atoms with E-state index in [2.05, 4.69) is 16.6 Å². The van der Waals surface area contributed by atoms with Crippen molar-refractivity contribution in [1.82, 2.24) is 4.72 Å². The molecule has 21 heavy (non-hydrogen) atoms. The largest absolute Gasteiger partial charge is 0.241 e. The van der Waals surface area contributed by atoms with Crippen LogP contribution in [0.1, 0.15) is 5.56 Å². The van der Waals surface area contributed by atoms with Crippen LogP contribution in [0.15, 0.2) is 53.4 Å². The van der Waals surface area contributed by atoms with E-state index in [9.17, 15) is 8.42 Å². The van der Waals surface area contributed by atoms with E-state index in [4.69, 9.17) is 23.2 Å². The van der Waals surface area contributed by atoms with Crippen molar-refractivity contribution in [1.29, 1.82) is 0 Å². The normalized spacial score (nSPS) is 10.8. The molecule has 0 unspecified atom stereocenters. The van der Waals surface area contributed by atoms with Crippen molar-refractivity contribution in [2.75, 3.05) is 6.54 Å². The zero-order valence-corrected chi connectivity index (χ0v) is 13.1. The van der Waals surface area contributed by atoms with Crippen molar-refractivity contribution < 1.29 is 8.42 Å². The molecule has 0 aliphatic carbocycles. The maximum atomic E-state index is 12.0. The number of sulfonamides is 1. The molecule has 0 saturated heterocycles. The summed E-state index contributed by atoms with van der Waals surface area (Å²) in [5.74, 6) is 5.54. The predicted molar refractivity (Wildman–Crippen MR) is 85.0 cm³/mol. The molecule has 0 aromatic heterocycles. The van der Waals surface area contributed by atoms with Crippen molar-refractivity contribution >= 4 is 33.2 Å². The van der Waals surface area contributed by atoms with E-state index in [1.165, 1.54) is 12.1 Å². The lowest BCUT2D eigenvalue weighted by atomic mass is 10.2. The highest BCUT2D eigenvalue weighted by Gasteiger charge is 2.12. The van der Waals surface area contributed by atoms with Gasteiger partial charge < -0.3 is 0 Å². The molecule has 0 fully saturated rings. The van der Waals surface area contributed by atoms with Crippen LogP contribution in [0.5, 0.6) is 0 Å². The first kappa shape index (κ1) is 15.9. The number of benzene rings is 2. The summed E-state index contributed by atoms with van der Waals surface area (Å²) in [6.07, 6.45) is 0. The number of rotatable bonds is 3. The summed E-state index contributed by atoms with van der Waals surface area (Å²) < 4.78 is 26.4. The summed E-state index contributed by atoms with van der Waals surface area (Å²) in [5.41, 5.74) is 0.654. The molecule has 0 aliphatic rings. The highest BCUT2D eigenvalue weighted by molar-refractivity contribution is 7.89. The molecule has 3 nitrogen and oxygen atoms in total.